The van der Waals surface area contributed by atoms with Gasteiger partial charge in [0.15, 0.2) is 0 Å². The lowest BCUT2D eigenvalue weighted by atomic mass is 9.90. The van der Waals surface area contributed by atoms with Gasteiger partial charge in [0.25, 0.3) is 0 Å². The Hall–Kier alpha value is -1.10. The molecule has 0 saturated carbocycles. The first-order valence-electron chi connectivity index (χ1n) is 7.32. The molecule has 0 amide bonds. The number of para-hydroxylation sites is 1. The normalized spacial score (nSPS) is 26.9. The lowest BCUT2D eigenvalue weighted by Gasteiger charge is -2.35. The molecule has 0 radical (unpaired) electrons. The van der Waals surface area contributed by atoms with Crippen molar-refractivity contribution in [2.45, 2.75) is 43.9 Å². The summed E-state index contributed by atoms with van der Waals surface area (Å²) in [5, 5.41) is 14.1. The van der Waals surface area contributed by atoms with Crippen molar-refractivity contribution in [3.05, 3.63) is 29.8 Å². The second-order valence-electron chi connectivity index (χ2n) is 6.39. The van der Waals surface area contributed by atoms with Crippen LogP contribution in [0.2, 0.25) is 0 Å². The van der Waals surface area contributed by atoms with Crippen LogP contribution in [0.1, 0.15) is 38.3 Å². The summed E-state index contributed by atoms with van der Waals surface area (Å²) in [6, 6.07) is 8.22. The Kier molecular flexibility index (Phi) is 3.48. The highest BCUT2D eigenvalue weighted by Gasteiger charge is 2.42. The number of fused-ring (bicyclic) bond motifs is 1. The van der Waals surface area contributed by atoms with Gasteiger partial charge in [-0.05, 0) is 19.9 Å². The van der Waals surface area contributed by atoms with Crippen LogP contribution in [0.15, 0.2) is 24.3 Å². The van der Waals surface area contributed by atoms with E-state index in [-0.39, 0.29) is 11.6 Å². The number of ether oxygens (including phenoxy) is 2. The van der Waals surface area contributed by atoms with Crippen LogP contribution in [0.5, 0.6) is 5.75 Å². The summed E-state index contributed by atoms with van der Waals surface area (Å²) in [5.74, 6) is 0.939. The van der Waals surface area contributed by atoms with E-state index in [1.54, 1.807) is 0 Å². The summed E-state index contributed by atoms with van der Waals surface area (Å²) >= 11 is 0. The van der Waals surface area contributed by atoms with Crippen LogP contribution < -0.4 is 10.1 Å². The fourth-order valence-electron chi connectivity index (χ4n) is 3.10. The molecule has 20 heavy (non-hydrogen) atoms. The van der Waals surface area contributed by atoms with Gasteiger partial charge in [0.05, 0.1) is 11.6 Å². The van der Waals surface area contributed by atoms with Gasteiger partial charge in [-0.25, -0.2) is 0 Å². The maximum atomic E-state index is 10.6. The van der Waals surface area contributed by atoms with Crippen molar-refractivity contribution in [2.75, 3.05) is 19.8 Å². The number of aliphatic hydroxyl groups is 1. The molecule has 2 aliphatic heterocycles. The van der Waals surface area contributed by atoms with Crippen molar-refractivity contribution < 1.29 is 14.6 Å². The van der Waals surface area contributed by atoms with Crippen molar-refractivity contribution in [3.8, 4) is 5.75 Å². The van der Waals surface area contributed by atoms with Crippen LogP contribution in [0, 0.1) is 0 Å². The van der Waals surface area contributed by atoms with E-state index in [4.69, 9.17) is 9.47 Å². The summed E-state index contributed by atoms with van der Waals surface area (Å²) in [4.78, 5) is 0. The Morgan fingerprint density at radius 2 is 1.95 bits per heavy atom. The molecule has 1 atom stereocenters. The molecule has 2 heterocycles. The Bertz CT molecular complexity index is 480. The van der Waals surface area contributed by atoms with Gasteiger partial charge >= 0.3 is 0 Å². The highest BCUT2D eigenvalue weighted by molar-refractivity contribution is 5.42. The first-order valence-corrected chi connectivity index (χ1v) is 7.32. The number of rotatable bonds is 3. The molecule has 0 spiro atoms. The number of benzene rings is 1. The zero-order valence-electron chi connectivity index (χ0n) is 12.2. The van der Waals surface area contributed by atoms with E-state index >= 15 is 0 Å². The van der Waals surface area contributed by atoms with Crippen molar-refractivity contribution in [3.63, 3.8) is 0 Å². The van der Waals surface area contributed by atoms with E-state index in [0.29, 0.717) is 32.6 Å². The predicted octanol–water partition coefficient (Wildman–Crippen LogP) is 2.03. The number of nitrogens with one attached hydrogen (secondary N) is 1. The second kappa shape index (κ2) is 5.02. The van der Waals surface area contributed by atoms with Gasteiger partial charge in [-0.3, -0.25) is 0 Å². The molecule has 2 N–H and O–H groups in total. The Balaban J connectivity index is 1.73. The molecule has 2 aliphatic rings. The monoisotopic (exact) mass is 277 g/mol. The van der Waals surface area contributed by atoms with Gasteiger partial charge in [-0.15, -0.1) is 0 Å². The summed E-state index contributed by atoms with van der Waals surface area (Å²) in [6.45, 7) is 6.01. The average Bonchev–Trinajstić information content (AvgIpc) is 2.67. The molecule has 1 fully saturated rings. The molecule has 0 bridgehead atoms. The zero-order valence-corrected chi connectivity index (χ0v) is 12.2. The first kappa shape index (κ1) is 13.9. The van der Waals surface area contributed by atoms with Gasteiger partial charge in [-0.2, -0.15) is 0 Å². The number of hydrogen-bond donors (Lipinski definition) is 2. The van der Waals surface area contributed by atoms with Crippen LogP contribution in [0.4, 0.5) is 0 Å². The van der Waals surface area contributed by atoms with E-state index in [1.807, 2.05) is 18.2 Å². The smallest absolute Gasteiger partial charge is 0.125 e. The van der Waals surface area contributed by atoms with Crippen LogP contribution >= 0.6 is 0 Å². The lowest BCUT2D eigenvalue weighted by molar-refractivity contribution is -0.0652. The average molecular weight is 277 g/mol. The molecule has 1 unspecified atom stereocenters. The summed E-state index contributed by atoms with van der Waals surface area (Å²) in [6.07, 6.45) is 1.38. The molecule has 110 valence electrons. The van der Waals surface area contributed by atoms with Crippen LogP contribution in [-0.2, 0) is 4.74 Å². The van der Waals surface area contributed by atoms with E-state index in [0.717, 1.165) is 5.75 Å². The van der Waals surface area contributed by atoms with E-state index in [9.17, 15) is 5.11 Å². The molecule has 1 aromatic rings. The van der Waals surface area contributed by atoms with Crippen molar-refractivity contribution in [2.24, 2.45) is 0 Å². The van der Waals surface area contributed by atoms with Gasteiger partial charge in [0, 0.05) is 38.2 Å². The molecule has 4 nitrogen and oxygen atoms in total. The van der Waals surface area contributed by atoms with Gasteiger partial charge in [0.2, 0.25) is 0 Å². The standard InChI is InChI=1S/C16H23NO3/c1-15(2)14(12-5-3-4-6-13(12)20-15)17-11-16(18)7-9-19-10-8-16/h3-6,14,17-18H,7-11H2,1-2H3. The van der Waals surface area contributed by atoms with E-state index < -0.39 is 5.60 Å². The predicted molar refractivity (Wildman–Crippen MR) is 76.9 cm³/mol. The molecule has 4 heteroatoms. The fourth-order valence-corrected chi connectivity index (χ4v) is 3.10. The van der Waals surface area contributed by atoms with Crippen molar-refractivity contribution in [1.82, 2.24) is 5.32 Å². The summed E-state index contributed by atoms with van der Waals surface area (Å²) in [7, 11) is 0. The minimum Gasteiger partial charge on any atom is -0.486 e. The minimum absolute atomic E-state index is 0.102. The fraction of sp³-hybridized carbons (Fsp3) is 0.625. The highest BCUT2D eigenvalue weighted by atomic mass is 16.5. The molecular formula is C16H23NO3. The molecule has 3 rings (SSSR count). The van der Waals surface area contributed by atoms with Crippen LogP contribution in [0.3, 0.4) is 0 Å². The molecule has 0 aromatic heterocycles. The first-order chi connectivity index (χ1) is 9.50. The number of hydrogen-bond acceptors (Lipinski definition) is 4. The van der Waals surface area contributed by atoms with Crippen molar-refractivity contribution in [1.29, 1.82) is 0 Å². The molecule has 1 aromatic carbocycles. The topological polar surface area (TPSA) is 50.7 Å². The summed E-state index contributed by atoms with van der Waals surface area (Å²) in [5.41, 5.74) is 0.213. The molecular weight excluding hydrogens is 254 g/mol. The molecule has 1 saturated heterocycles. The SMILES string of the molecule is CC1(C)Oc2ccccc2C1NCC1(O)CCOCC1. The van der Waals surface area contributed by atoms with Gasteiger partial charge < -0.3 is 19.9 Å². The van der Waals surface area contributed by atoms with Gasteiger partial charge in [0.1, 0.15) is 11.4 Å². The lowest BCUT2D eigenvalue weighted by Crippen LogP contribution is -2.49. The molecule has 0 aliphatic carbocycles. The quantitative estimate of drug-likeness (QED) is 0.887. The third-order valence-electron chi connectivity index (χ3n) is 4.36. The third-order valence-corrected chi connectivity index (χ3v) is 4.36. The largest absolute Gasteiger partial charge is 0.486 e. The zero-order chi connectivity index (χ0) is 14.2. The van der Waals surface area contributed by atoms with E-state index in [2.05, 4.69) is 25.2 Å². The highest BCUT2D eigenvalue weighted by Crippen LogP contribution is 2.42. The Labute approximate surface area is 120 Å². The van der Waals surface area contributed by atoms with Crippen LogP contribution in [-0.4, -0.2) is 36.1 Å². The van der Waals surface area contributed by atoms with E-state index in [1.165, 1.54) is 5.56 Å². The van der Waals surface area contributed by atoms with Crippen LogP contribution in [0.25, 0.3) is 0 Å². The summed E-state index contributed by atoms with van der Waals surface area (Å²) < 4.78 is 11.3. The Morgan fingerprint density at radius 3 is 2.70 bits per heavy atom. The van der Waals surface area contributed by atoms with Crippen molar-refractivity contribution >= 4 is 0 Å². The minimum atomic E-state index is -0.661. The maximum absolute atomic E-state index is 10.6. The third kappa shape index (κ3) is 2.55. The maximum Gasteiger partial charge on any atom is 0.125 e. The van der Waals surface area contributed by atoms with Gasteiger partial charge in [-0.1, -0.05) is 18.2 Å². The Morgan fingerprint density at radius 1 is 1.25 bits per heavy atom. The second-order valence-corrected chi connectivity index (χ2v) is 6.39.